The monoisotopic (exact) mass is 676 g/mol. The number of benzene rings is 3. The predicted molar refractivity (Wildman–Crippen MR) is 198 cm³/mol. The zero-order valence-electron chi connectivity index (χ0n) is 29.9. The molecule has 3 N–H and O–H groups in total. The van der Waals surface area contributed by atoms with Crippen molar-refractivity contribution in [3.05, 3.63) is 84.4 Å². The number of nitrogens with one attached hydrogen (secondary N) is 1. The summed E-state index contributed by atoms with van der Waals surface area (Å²) in [6.45, 7) is 12.6. The van der Waals surface area contributed by atoms with Crippen LogP contribution in [-0.4, -0.2) is 68.5 Å². The Balaban J connectivity index is 1.11. The minimum Gasteiger partial charge on any atom is -0.444 e. The molecule has 2 atom stereocenters. The van der Waals surface area contributed by atoms with Gasteiger partial charge in [0.25, 0.3) is 0 Å². The summed E-state index contributed by atoms with van der Waals surface area (Å²) in [6, 6.07) is 20.7. The first kappa shape index (κ1) is 34.7. The van der Waals surface area contributed by atoms with Gasteiger partial charge in [-0.3, -0.25) is 9.89 Å². The molecule has 0 radical (unpaired) electrons. The molecule has 6 rings (SSSR count). The van der Waals surface area contributed by atoms with Crippen LogP contribution in [0.2, 0.25) is 0 Å². The average Bonchev–Trinajstić information content (AvgIpc) is 3.84. The molecule has 2 aliphatic rings. The van der Waals surface area contributed by atoms with E-state index in [2.05, 4.69) is 58.5 Å². The molecular weight excluding hydrogens is 628 g/mol. The smallest absolute Gasteiger partial charge is 0.410 e. The third-order valence-electron chi connectivity index (χ3n) is 8.88. The van der Waals surface area contributed by atoms with Crippen molar-refractivity contribution in [1.29, 1.82) is 0 Å². The highest BCUT2D eigenvalue weighted by atomic mass is 16.6. The van der Waals surface area contributed by atoms with Crippen LogP contribution in [0.4, 0.5) is 9.59 Å². The number of hydrogen-bond acceptors (Lipinski definition) is 7. The Morgan fingerprint density at radius 3 is 2.08 bits per heavy atom. The predicted octanol–water partition coefficient (Wildman–Crippen LogP) is 8.70. The number of nitrogens with zero attached hydrogens (tertiary/aromatic N) is 4. The van der Waals surface area contributed by atoms with Crippen LogP contribution in [0.25, 0.3) is 38.9 Å². The standard InChI is InChI=1S/C40H48N6O4/c1-39(2,3)49-37(47)45-19-7-9-32(45)23-42-24-33(41)27-13-11-26(12-14-27)28-15-16-30-22-31(18-17-29(30)21-28)34-25-43-36(44-34)35-10-8-20-46(35)38(48)50-40(4,5)6/h11-18,21-25,32,35H,7-10,19-20,41H2,1-6H3,(H,43,44)/b33-24-,42-23+/t32-,35-/m0/s1. The Labute approximate surface area is 294 Å². The Hall–Kier alpha value is -5.12. The molecule has 2 aliphatic heterocycles. The lowest BCUT2D eigenvalue weighted by molar-refractivity contribution is 0.0216. The molecule has 2 saturated heterocycles. The van der Waals surface area contributed by atoms with Gasteiger partial charge in [-0.25, -0.2) is 14.6 Å². The fourth-order valence-electron chi connectivity index (χ4n) is 6.48. The molecule has 0 bridgehead atoms. The molecule has 3 aromatic carbocycles. The van der Waals surface area contributed by atoms with E-state index in [1.165, 1.54) is 0 Å². The quantitative estimate of drug-likeness (QED) is 0.197. The molecule has 2 amide bonds. The zero-order chi connectivity index (χ0) is 35.6. The van der Waals surface area contributed by atoms with E-state index >= 15 is 0 Å². The van der Waals surface area contributed by atoms with Gasteiger partial charge in [0.05, 0.1) is 29.7 Å². The van der Waals surface area contributed by atoms with Crippen LogP contribution in [0.15, 0.2) is 78.1 Å². The van der Waals surface area contributed by atoms with E-state index in [0.29, 0.717) is 18.8 Å². The minimum absolute atomic E-state index is 0.106. The van der Waals surface area contributed by atoms with Gasteiger partial charge in [-0.1, -0.05) is 48.5 Å². The van der Waals surface area contributed by atoms with Crippen LogP contribution in [-0.2, 0) is 9.47 Å². The number of carbonyl (C=O) groups is 2. The van der Waals surface area contributed by atoms with Gasteiger partial charge in [-0.05, 0) is 107 Å². The van der Waals surface area contributed by atoms with Crippen molar-refractivity contribution in [3.63, 3.8) is 0 Å². The van der Waals surface area contributed by atoms with Crippen LogP contribution in [0.1, 0.15) is 84.7 Å². The number of amides is 2. The van der Waals surface area contributed by atoms with Gasteiger partial charge in [0, 0.05) is 31.1 Å². The number of aromatic amines is 1. The highest BCUT2D eigenvalue weighted by Gasteiger charge is 2.35. The van der Waals surface area contributed by atoms with Crippen molar-refractivity contribution in [1.82, 2.24) is 19.8 Å². The summed E-state index contributed by atoms with van der Waals surface area (Å²) in [4.78, 5) is 41.6. The first-order chi connectivity index (χ1) is 23.7. The molecule has 10 heteroatoms. The fraction of sp³-hybridized carbons (Fsp3) is 0.400. The lowest BCUT2D eigenvalue weighted by Crippen LogP contribution is -2.40. The van der Waals surface area contributed by atoms with E-state index in [-0.39, 0.29) is 24.3 Å². The molecule has 0 spiro atoms. The highest BCUT2D eigenvalue weighted by molar-refractivity contribution is 5.90. The van der Waals surface area contributed by atoms with Crippen molar-refractivity contribution < 1.29 is 19.1 Å². The summed E-state index contributed by atoms with van der Waals surface area (Å²) in [6.07, 6.45) is 8.24. The summed E-state index contributed by atoms with van der Waals surface area (Å²) in [5.74, 6) is 0.781. The average molecular weight is 677 g/mol. The SMILES string of the molecule is CC(C)(C)OC(=O)N1CCC[C@H]1/C=N/C=C(\N)c1ccc(-c2ccc3cc(-c4c[nH]c([C@@H]5CCCN5C(=O)OC(C)(C)C)n4)ccc3c2)cc1. The number of fused-ring (bicyclic) bond motifs is 1. The van der Waals surface area contributed by atoms with Gasteiger partial charge in [-0.15, -0.1) is 0 Å². The number of nitrogens with two attached hydrogens (primary N) is 1. The Morgan fingerprint density at radius 2 is 1.40 bits per heavy atom. The van der Waals surface area contributed by atoms with Crippen molar-refractivity contribution in [2.75, 3.05) is 13.1 Å². The van der Waals surface area contributed by atoms with Gasteiger partial charge >= 0.3 is 12.2 Å². The second-order valence-electron chi connectivity index (χ2n) is 15.1. The molecule has 0 aliphatic carbocycles. The van der Waals surface area contributed by atoms with Crippen LogP contribution in [0.5, 0.6) is 0 Å². The molecule has 1 aromatic heterocycles. The number of aliphatic imine (C=N–C) groups is 1. The maximum atomic E-state index is 12.8. The summed E-state index contributed by atoms with van der Waals surface area (Å²) in [5, 5.41) is 2.24. The summed E-state index contributed by atoms with van der Waals surface area (Å²) >= 11 is 0. The van der Waals surface area contributed by atoms with E-state index in [9.17, 15) is 9.59 Å². The number of imidazole rings is 1. The number of H-pyrrole nitrogens is 1. The van der Waals surface area contributed by atoms with Crippen molar-refractivity contribution in [2.24, 2.45) is 10.7 Å². The van der Waals surface area contributed by atoms with Gasteiger partial charge in [0.2, 0.25) is 0 Å². The molecule has 0 unspecified atom stereocenters. The zero-order valence-corrected chi connectivity index (χ0v) is 29.9. The third-order valence-corrected chi connectivity index (χ3v) is 8.88. The number of ether oxygens (including phenoxy) is 2. The molecule has 50 heavy (non-hydrogen) atoms. The van der Waals surface area contributed by atoms with Crippen LogP contribution < -0.4 is 5.73 Å². The van der Waals surface area contributed by atoms with Crippen molar-refractivity contribution >= 4 is 34.9 Å². The maximum absolute atomic E-state index is 12.8. The normalized spacial score (nSPS) is 18.7. The molecule has 4 aromatic rings. The number of likely N-dealkylation sites (tertiary alicyclic amines) is 2. The molecular formula is C40H48N6O4. The minimum atomic E-state index is -0.542. The number of carbonyl (C=O) groups excluding carboxylic acids is 2. The van der Waals surface area contributed by atoms with Crippen LogP contribution in [0.3, 0.4) is 0 Å². The van der Waals surface area contributed by atoms with Gasteiger partial charge in [0.1, 0.15) is 17.0 Å². The second-order valence-corrected chi connectivity index (χ2v) is 15.1. The van der Waals surface area contributed by atoms with E-state index in [1.807, 2.05) is 59.9 Å². The van der Waals surface area contributed by atoms with Crippen LogP contribution in [0, 0.1) is 0 Å². The molecule has 10 nitrogen and oxygen atoms in total. The lowest BCUT2D eigenvalue weighted by Gasteiger charge is -2.27. The van der Waals surface area contributed by atoms with Gasteiger partial charge in [0.15, 0.2) is 0 Å². The highest BCUT2D eigenvalue weighted by Crippen LogP contribution is 2.34. The van der Waals surface area contributed by atoms with Gasteiger partial charge < -0.3 is 25.1 Å². The van der Waals surface area contributed by atoms with E-state index in [4.69, 9.17) is 20.2 Å². The lowest BCUT2D eigenvalue weighted by atomic mass is 9.98. The van der Waals surface area contributed by atoms with E-state index in [1.54, 1.807) is 22.2 Å². The number of rotatable bonds is 6. The summed E-state index contributed by atoms with van der Waals surface area (Å²) in [7, 11) is 0. The van der Waals surface area contributed by atoms with E-state index in [0.717, 1.165) is 70.2 Å². The third kappa shape index (κ3) is 8.18. The molecule has 0 saturated carbocycles. The Bertz CT molecular complexity index is 1910. The summed E-state index contributed by atoms with van der Waals surface area (Å²) < 4.78 is 11.2. The largest absolute Gasteiger partial charge is 0.444 e. The fourth-order valence-corrected chi connectivity index (χ4v) is 6.48. The van der Waals surface area contributed by atoms with Crippen LogP contribution >= 0.6 is 0 Å². The van der Waals surface area contributed by atoms with E-state index < -0.39 is 11.2 Å². The maximum Gasteiger partial charge on any atom is 0.410 e. The topological polar surface area (TPSA) is 126 Å². The molecule has 3 heterocycles. The molecule has 2 fully saturated rings. The Morgan fingerprint density at radius 1 is 0.820 bits per heavy atom. The van der Waals surface area contributed by atoms with Crippen molar-refractivity contribution in [3.8, 4) is 22.4 Å². The number of hydrogen-bond donors (Lipinski definition) is 2. The first-order valence-corrected chi connectivity index (χ1v) is 17.4. The summed E-state index contributed by atoms with van der Waals surface area (Å²) in [5.41, 5.74) is 10.8. The van der Waals surface area contributed by atoms with Crippen molar-refractivity contribution in [2.45, 2.75) is 90.5 Å². The Kier molecular flexibility index (Phi) is 9.73. The first-order valence-electron chi connectivity index (χ1n) is 17.4. The molecule has 262 valence electrons. The second kappa shape index (κ2) is 14.0. The number of aromatic nitrogens is 2. The van der Waals surface area contributed by atoms with Gasteiger partial charge in [-0.2, -0.15) is 0 Å².